The quantitative estimate of drug-likeness (QED) is 0.0303. The van der Waals surface area contributed by atoms with E-state index in [9.17, 15) is 73.2 Å². The molecule has 8 aromatic rings. The van der Waals surface area contributed by atoms with Gasteiger partial charge in [-0.15, -0.1) is 0 Å². The number of nitrogens with zero attached hydrogens (tertiary/aromatic N) is 8. The Morgan fingerprint density at radius 3 is 0.964 bits per heavy atom. The number of halogens is 5. The second-order valence-electron chi connectivity index (χ2n) is 38.0. The fourth-order valence-electron chi connectivity index (χ4n) is 22.4. The molecule has 24 rings (SSSR count). The van der Waals surface area contributed by atoms with Crippen LogP contribution in [0.3, 0.4) is 0 Å². The van der Waals surface area contributed by atoms with Crippen molar-refractivity contribution in [3.8, 4) is 0 Å². The summed E-state index contributed by atoms with van der Waals surface area (Å²) >= 11 is 0. The maximum Gasteiger partial charge on any atom is 0.264 e. The second kappa shape index (κ2) is 47.8. The van der Waals surface area contributed by atoms with Gasteiger partial charge >= 0.3 is 0 Å². The molecule has 138 heavy (non-hydrogen) atoms. The normalized spacial score (nSPS) is 26.8. The van der Waals surface area contributed by atoms with Crippen LogP contribution in [0.1, 0.15) is 213 Å². The second-order valence-corrected chi connectivity index (χ2v) is 50.4. The van der Waals surface area contributed by atoms with Crippen molar-refractivity contribution in [1.82, 2.24) is 36.8 Å². The molecule has 8 bridgehead atoms. The summed E-state index contributed by atoms with van der Waals surface area (Å²) in [7, 11) is -13.5. The van der Waals surface area contributed by atoms with Gasteiger partial charge in [0.1, 0.15) is 23.3 Å². The zero-order valence-corrected chi connectivity index (χ0v) is 85.1. The Morgan fingerprint density at radius 1 is 0.391 bits per heavy atom. The van der Waals surface area contributed by atoms with Gasteiger partial charge in [-0.1, -0.05) is 189 Å². The maximum absolute atomic E-state index is 14.0. The van der Waals surface area contributed by atoms with Crippen LogP contribution >= 0.6 is 10.7 Å². The number of hydrogen-bond acceptors (Lipinski definition) is 18. The minimum atomic E-state index is -3.95. The topological polar surface area (TPSA) is 260 Å². The number of piperidine rings is 12. The molecule has 16 aliphatic rings. The minimum absolute atomic E-state index is 0. The molecule has 16 heterocycles. The molecule has 35 heteroatoms. The molecule has 16 aliphatic heterocycles. The molecular weight excluding hydrogens is 2130 g/mol. The first-order valence-electron chi connectivity index (χ1n) is 46.3. The van der Waals surface area contributed by atoms with Crippen molar-refractivity contribution in [2.24, 2.45) is 21.7 Å². The van der Waals surface area contributed by atoms with Gasteiger partial charge in [-0.2, -0.15) is 25.6 Å². The van der Waals surface area contributed by atoms with Gasteiger partial charge < -0.3 is 24.7 Å². The monoisotopic (exact) mass is 2270 g/mol. The molecule has 8 aromatic carbocycles. The summed E-state index contributed by atoms with van der Waals surface area (Å²) in [5, 5.41) is 12.6. The van der Waals surface area contributed by atoms with E-state index in [1.54, 1.807) is 57.1 Å². The molecule has 1 N–H and O–H groups in total. The third kappa shape index (κ3) is 27.0. The predicted octanol–water partition coefficient (Wildman–Crippen LogP) is 16.9. The van der Waals surface area contributed by atoms with Crippen LogP contribution in [0.4, 0.5) is 17.6 Å². The van der Waals surface area contributed by atoms with Gasteiger partial charge in [-0.05, 0) is 315 Å². The molecular formula is C103H142BClF4N8O14S6U. The van der Waals surface area contributed by atoms with E-state index in [4.69, 9.17) is 5.52 Å². The third-order valence-corrected chi connectivity index (χ3v) is 37.8. The van der Waals surface area contributed by atoms with Crippen LogP contribution in [0.5, 0.6) is 0 Å². The molecule has 12 saturated heterocycles. The first kappa shape index (κ1) is 114. The fraction of sp³-hybridized carbons (Fsp3) is 0.515. The van der Waals surface area contributed by atoms with Gasteiger partial charge in [-0.25, -0.2) is 59.7 Å². The van der Waals surface area contributed by atoms with Crippen molar-refractivity contribution in [2.75, 3.05) is 134 Å². The average Bonchev–Trinajstić information content (AvgIpc) is 0.748. The van der Waals surface area contributed by atoms with Gasteiger partial charge in [0.25, 0.3) is 10.1 Å². The molecule has 22 nitrogen and oxygen atoms in total. The third-order valence-electron chi connectivity index (χ3n) is 30.2. The summed E-state index contributed by atoms with van der Waals surface area (Å²) in [6, 6.07) is 54.1. The SMILES string of the molecule is C.C.C.C.C.CS(=O)(=O)Cl.CS(=O)(=O)OC(CS(=O)(=O)N1CCc2ccccc2[C@@H]1c1ccc(F)cc1)C12CCN(CC1)CC2.O=S(=O)(/C=C\C12CCN(CC1)CC2)N1CCc2ccccc2[C@@H]1c1ccc(F)cc1.O=S(=O)(CC(O)C12CCN(CC1)CC2)N1CCc2ccccc2[C@@H]1c1ccc(F)cc1.O=S(=O)(CCC12CCN(CC1)CC2)N1CCc2ccccc2[C@@H]1c1ccc(F)cc1.[2H][B].[HH].[U]. The van der Waals surface area contributed by atoms with Crippen LogP contribution in [0, 0.1) is 76.0 Å². The summed E-state index contributed by atoms with van der Waals surface area (Å²) in [5.41, 5.74) is 10.8. The van der Waals surface area contributed by atoms with E-state index in [0.29, 0.717) is 70.1 Å². The number of rotatable bonds is 21. The maximum atomic E-state index is 14.0. The van der Waals surface area contributed by atoms with Crippen LogP contribution in [0.15, 0.2) is 206 Å². The van der Waals surface area contributed by atoms with Crippen molar-refractivity contribution in [2.45, 2.75) is 183 Å². The Bertz CT molecular complexity index is 6100. The van der Waals surface area contributed by atoms with E-state index in [1.165, 1.54) is 68.1 Å². The molecule has 2 unspecified atom stereocenters. The van der Waals surface area contributed by atoms with E-state index in [2.05, 4.69) is 50.8 Å². The number of allylic oxidation sites excluding steroid dienone is 1. The Morgan fingerprint density at radius 2 is 0.652 bits per heavy atom. The fourth-order valence-corrected chi connectivity index (χ4v) is 30.3. The van der Waals surface area contributed by atoms with Crippen molar-refractivity contribution in [1.29, 1.82) is 1.34 Å². The summed E-state index contributed by atoms with van der Waals surface area (Å²) in [6.45, 7) is 13.3. The van der Waals surface area contributed by atoms with Crippen LogP contribution in [0.2, 0.25) is 0 Å². The number of sulfonamides is 4. The number of hydrogen-bond donors (Lipinski definition) is 1. The van der Waals surface area contributed by atoms with Gasteiger partial charge in [0.2, 0.25) is 49.1 Å². The summed E-state index contributed by atoms with van der Waals surface area (Å²) in [6.07, 6.45) is 16.5. The molecule has 0 saturated carbocycles. The number of benzene rings is 8. The summed E-state index contributed by atoms with van der Waals surface area (Å²) in [4.78, 5) is 9.65. The Labute approximate surface area is 853 Å². The van der Waals surface area contributed by atoms with Crippen molar-refractivity contribution in [3.05, 3.63) is 296 Å². The Balaban J connectivity index is 0.000000220. The number of fused-ring (bicyclic) bond motifs is 16. The van der Waals surface area contributed by atoms with Gasteiger partial charge in [0, 0.05) is 94.0 Å². The largest absolute Gasteiger partial charge is 0.391 e. The smallest absolute Gasteiger partial charge is 0.264 e. The first-order valence-corrected chi connectivity index (χ1v) is 56.6. The van der Waals surface area contributed by atoms with Gasteiger partial charge in [0.15, 0.2) is 0 Å². The standard InChI is InChI=1S/C25H31FN2O5S2.C24H29FN2O3S.C24H29FN2O2S.C24H27FN2O2S.CH3ClO2S.5CH4.BH.U.H2/c1-34(29,30)33-23(25-11-15-27(16-12-25)17-13-25)18-35(31,32)28-14-10-19-4-2-3-5-22(19)24(28)20-6-8-21(26)9-7-20;25-20-7-5-19(6-8-20)23-21-4-2-1-3-18(21)9-13-27(23)31(29,30)17-22(28)24-10-14-26(15-11-24)16-12-24;2*25-21-7-5-20(6-8-21)23-22-4-2-1-3-19(22)9-14-27(23)30(28,29)18-13-24-10-15-26(16-11-24)17-12-24;1-5(2,3)4;;;;;;;;/h2-9,23-24H,10-18H2,1H3;1-8,22-23,28H,9-17H2;1-8,23H,9-18H2;1-8,13,18,23H,9-12,14-17H2;1H3;5*1H4;1H;;1H/b;;;18-13-;;;;;;;;;/t23?,24-;22?,23-;2*23-;;;;;;;;;/m0000........./s1/i;;;;;;;;;;1D;;. The van der Waals surface area contributed by atoms with Crippen molar-refractivity contribution >= 4 is 78.3 Å². The minimum Gasteiger partial charge on any atom is -0.391 e. The van der Waals surface area contributed by atoms with E-state index in [1.807, 2.05) is 91.0 Å². The van der Waals surface area contributed by atoms with E-state index < -0.39 is 107 Å². The zero-order chi connectivity index (χ0) is 94.5. The summed E-state index contributed by atoms with van der Waals surface area (Å²) < 4.78 is 224. The van der Waals surface area contributed by atoms with Crippen molar-refractivity contribution in [3.63, 3.8) is 0 Å². The Kier molecular flexibility index (Phi) is 39.5. The van der Waals surface area contributed by atoms with Crippen molar-refractivity contribution < 1.29 is 110 Å². The molecule has 0 spiro atoms. The Hall–Kier alpha value is -6.07. The van der Waals surface area contributed by atoms with Gasteiger partial charge in [-0.3, -0.25) is 4.18 Å². The van der Waals surface area contributed by atoms with E-state index >= 15 is 0 Å². The van der Waals surface area contributed by atoms with Crippen LogP contribution < -0.4 is 0 Å². The molecule has 2 radical (unpaired) electrons. The van der Waals surface area contributed by atoms with Gasteiger partial charge in [0.05, 0.1) is 66.1 Å². The average molecular weight is 2270 g/mol. The number of aliphatic hydroxyl groups excluding tert-OH is 1. The zero-order valence-electron chi connectivity index (χ0n) is 76.3. The molecule has 12 fully saturated rings. The van der Waals surface area contributed by atoms with Crippen LogP contribution in [0.25, 0.3) is 0 Å². The van der Waals surface area contributed by atoms with Crippen LogP contribution in [-0.2, 0) is 89.1 Å². The predicted molar refractivity (Wildman–Crippen MR) is 545 cm³/mol. The molecule has 6 atom stereocenters. The van der Waals surface area contributed by atoms with E-state index in [0.717, 1.165) is 211 Å². The molecule has 0 aliphatic carbocycles. The summed E-state index contributed by atoms with van der Waals surface area (Å²) in [5.74, 6) is -1.82. The first-order chi connectivity index (χ1) is 63.4. The van der Waals surface area contributed by atoms with E-state index in [-0.39, 0.29) is 127 Å². The molecule has 756 valence electrons. The number of aliphatic hydroxyl groups is 1. The van der Waals surface area contributed by atoms with Crippen LogP contribution in [-0.4, -0.2) is 249 Å². The molecule has 0 aromatic heterocycles. The molecule has 0 amide bonds.